The normalized spacial score (nSPS) is 10.6. The first-order chi connectivity index (χ1) is 7.61. The van der Waals surface area contributed by atoms with Gasteiger partial charge >= 0.3 is 5.97 Å². The number of carboxylic acid groups (broad SMARTS) is 1. The topological polar surface area (TPSA) is 63.1 Å². The molecule has 1 heterocycles. The number of halogens is 1. The van der Waals surface area contributed by atoms with E-state index in [1.807, 2.05) is 6.92 Å². The Morgan fingerprint density at radius 2 is 2.19 bits per heavy atom. The van der Waals surface area contributed by atoms with Crippen LogP contribution in [0.3, 0.4) is 0 Å². The number of benzene rings is 1. The van der Waals surface area contributed by atoms with Crippen molar-refractivity contribution in [1.29, 1.82) is 0 Å². The number of aryl methyl sites for hydroxylation is 1. The number of hydrogen-bond donors (Lipinski definition) is 1. The van der Waals surface area contributed by atoms with Crippen LogP contribution in [0.1, 0.15) is 23.2 Å². The van der Waals surface area contributed by atoms with Gasteiger partial charge in [0.15, 0.2) is 0 Å². The molecule has 0 saturated carbocycles. The molecule has 2 rings (SSSR count). The summed E-state index contributed by atoms with van der Waals surface area (Å²) in [5.41, 5.74) is 1.30. The number of carbonyl (C=O) groups is 1. The van der Waals surface area contributed by atoms with Gasteiger partial charge in [0, 0.05) is 10.4 Å². The van der Waals surface area contributed by atoms with Crippen molar-refractivity contribution in [3.63, 3.8) is 0 Å². The molecule has 1 aromatic carbocycles. The molecule has 0 fully saturated rings. The maximum absolute atomic E-state index is 10.8. The van der Waals surface area contributed by atoms with Gasteiger partial charge in [-0.2, -0.15) is 0 Å². The molecule has 0 atom stereocenters. The van der Waals surface area contributed by atoms with Gasteiger partial charge in [0.2, 0.25) is 5.82 Å². The third-order valence-electron chi connectivity index (χ3n) is 2.26. The van der Waals surface area contributed by atoms with Gasteiger partial charge in [0.1, 0.15) is 0 Å². The quantitative estimate of drug-likeness (QED) is 0.870. The number of aromatic carboxylic acids is 1. The first-order valence-electron chi connectivity index (χ1n) is 4.81. The smallest absolute Gasteiger partial charge is 0.373 e. The predicted octanol–water partition coefficient (Wildman–Crippen LogP) is 2.54. The lowest BCUT2D eigenvalue weighted by Crippen LogP contribution is -2.07. The number of aromatic nitrogens is 2. The Morgan fingerprint density at radius 3 is 2.81 bits per heavy atom. The van der Waals surface area contributed by atoms with E-state index in [1.54, 1.807) is 18.2 Å². The minimum absolute atomic E-state index is 0.174. The fraction of sp³-hybridized carbons (Fsp3) is 0.182. The van der Waals surface area contributed by atoms with E-state index in [-0.39, 0.29) is 5.82 Å². The second kappa shape index (κ2) is 4.06. The zero-order chi connectivity index (χ0) is 11.7. The van der Waals surface area contributed by atoms with Crippen molar-refractivity contribution < 1.29 is 9.90 Å². The van der Waals surface area contributed by atoms with Crippen molar-refractivity contribution in [3.8, 4) is 0 Å². The van der Waals surface area contributed by atoms with Gasteiger partial charge in [-0.25, -0.2) is 14.8 Å². The first-order valence-corrected chi connectivity index (χ1v) is 5.19. The molecule has 0 bridgehead atoms. The highest BCUT2D eigenvalue weighted by atomic mass is 35.5. The van der Waals surface area contributed by atoms with Crippen LogP contribution in [0.4, 0.5) is 0 Å². The number of rotatable bonds is 2. The molecule has 1 N–H and O–H groups in total. The van der Waals surface area contributed by atoms with Gasteiger partial charge in [-0.05, 0) is 24.6 Å². The Balaban J connectivity index is 2.78. The zero-order valence-corrected chi connectivity index (χ0v) is 9.32. The van der Waals surface area contributed by atoms with Crippen LogP contribution in [-0.2, 0) is 6.42 Å². The molecule has 0 aliphatic heterocycles. The zero-order valence-electron chi connectivity index (χ0n) is 8.57. The highest BCUT2D eigenvalue weighted by Gasteiger charge is 2.11. The third-order valence-corrected chi connectivity index (χ3v) is 2.50. The van der Waals surface area contributed by atoms with Gasteiger partial charge in [-0.1, -0.05) is 18.5 Å². The van der Waals surface area contributed by atoms with Crippen LogP contribution in [0.5, 0.6) is 0 Å². The van der Waals surface area contributed by atoms with E-state index in [0.717, 1.165) is 5.39 Å². The van der Waals surface area contributed by atoms with E-state index in [1.165, 1.54) is 0 Å². The van der Waals surface area contributed by atoms with E-state index in [2.05, 4.69) is 9.97 Å². The highest BCUT2D eigenvalue weighted by molar-refractivity contribution is 6.31. The van der Waals surface area contributed by atoms with Gasteiger partial charge in [-0.15, -0.1) is 0 Å². The molecule has 0 radical (unpaired) electrons. The second-order valence-electron chi connectivity index (χ2n) is 3.31. The van der Waals surface area contributed by atoms with Crippen LogP contribution >= 0.6 is 11.6 Å². The molecule has 0 unspecified atom stereocenters. The maximum atomic E-state index is 10.8. The van der Waals surface area contributed by atoms with Crippen molar-refractivity contribution in [1.82, 2.24) is 9.97 Å². The lowest BCUT2D eigenvalue weighted by atomic mass is 10.1. The van der Waals surface area contributed by atoms with E-state index < -0.39 is 5.97 Å². The molecule has 0 aliphatic carbocycles. The van der Waals surface area contributed by atoms with Crippen molar-refractivity contribution >= 4 is 28.5 Å². The van der Waals surface area contributed by atoms with E-state index >= 15 is 0 Å². The monoisotopic (exact) mass is 236 g/mol. The molecule has 0 spiro atoms. The fourth-order valence-electron chi connectivity index (χ4n) is 1.53. The Morgan fingerprint density at radius 1 is 1.44 bits per heavy atom. The first kappa shape index (κ1) is 10.8. The lowest BCUT2D eigenvalue weighted by molar-refractivity contribution is 0.0683. The maximum Gasteiger partial charge on any atom is 0.373 e. The number of fused-ring (bicyclic) bond motifs is 1. The molecular weight excluding hydrogens is 228 g/mol. The van der Waals surface area contributed by atoms with Crippen molar-refractivity contribution in [2.24, 2.45) is 0 Å². The third kappa shape index (κ3) is 1.84. The SMILES string of the molecule is CCc1nc(C(=O)O)nc2ccc(Cl)cc12. The highest BCUT2D eigenvalue weighted by Crippen LogP contribution is 2.21. The molecule has 4 nitrogen and oxygen atoms in total. The predicted molar refractivity (Wildman–Crippen MR) is 60.9 cm³/mol. The van der Waals surface area contributed by atoms with Crippen molar-refractivity contribution in [2.45, 2.75) is 13.3 Å². The van der Waals surface area contributed by atoms with Crippen LogP contribution in [0.2, 0.25) is 5.02 Å². The van der Waals surface area contributed by atoms with Crippen LogP contribution in [0.15, 0.2) is 18.2 Å². The van der Waals surface area contributed by atoms with Gasteiger partial charge in [0.05, 0.1) is 11.2 Å². The van der Waals surface area contributed by atoms with Crippen molar-refractivity contribution in [3.05, 3.63) is 34.7 Å². The average Bonchev–Trinajstić information content (AvgIpc) is 2.27. The van der Waals surface area contributed by atoms with Gasteiger partial charge in [0.25, 0.3) is 0 Å². The molecule has 82 valence electrons. The molecule has 16 heavy (non-hydrogen) atoms. The Labute approximate surface area is 96.9 Å². The van der Waals surface area contributed by atoms with Gasteiger partial charge < -0.3 is 5.11 Å². The van der Waals surface area contributed by atoms with E-state index in [0.29, 0.717) is 22.7 Å². The summed E-state index contributed by atoms with van der Waals surface area (Å²) >= 11 is 5.88. The van der Waals surface area contributed by atoms with E-state index in [4.69, 9.17) is 16.7 Å². The molecular formula is C11H9ClN2O2. The summed E-state index contributed by atoms with van der Waals surface area (Å²) in [6.45, 7) is 1.91. The van der Waals surface area contributed by atoms with Crippen LogP contribution in [0, 0.1) is 0 Å². The summed E-state index contributed by atoms with van der Waals surface area (Å²) in [4.78, 5) is 18.8. The lowest BCUT2D eigenvalue weighted by Gasteiger charge is -2.04. The number of carboxylic acids is 1. The molecule has 1 aromatic heterocycles. The van der Waals surface area contributed by atoms with Crippen molar-refractivity contribution in [2.75, 3.05) is 0 Å². The average molecular weight is 237 g/mol. The number of nitrogens with zero attached hydrogens (tertiary/aromatic N) is 2. The summed E-state index contributed by atoms with van der Waals surface area (Å²) < 4.78 is 0. The van der Waals surface area contributed by atoms with Crippen LogP contribution in [-0.4, -0.2) is 21.0 Å². The minimum atomic E-state index is -1.12. The summed E-state index contributed by atoms with van der Waals surface area (Å²) in [7, 11) is 0. The number of hydrogen-bond acceptors (Lipinski definition) is 3. The largest absolute Gasteiger partial charge is 0.475 e. The fourth-order valence-corrected chi connectivity index (χ4v) is 1.70. The van der Waals surface area contributed by atoms with Gasteiger partial charge in [-0.3, -0.25) is 0 Å². The van der Waals surface area contributed by atoms with Crippen LogP contribution in [0.25, 0.3) is 10.9 Å². The Hall–Kier alpha value is -1.68. The summed E-state index contributed by atoms with van der Waals surface area (Å²) in [6.07, 6.45) is 0.639. The minimum Gasteiger partial charge on any atom is -0.475 e. The molecule has 0 amide bonds. The molecule has 5 heteroatoms. The second-order valence-corrected chi connectivity index (χ2v) is 3.75. The summed E-state index contributed by atoms with van der Waals surface area (Å²) in [5, 5.41) is 10.3. The summed E-state index contributed by atoms with van der Waals surface area (Å²) in [5.74, 6) is -1.29. The van der Waals surface area contributed by atoms with Crippen LogP contribution < -0.4 is 0 Å². The molecule has 0 aliphatic rings. The molecule has 2 aromatic rings. The summed E-state index contributed by atoms with van der Waals surface area (Å²) in [6, 6.07) is 5.13. The van der Waals surface area contributed by atoms with E-state index in [9.17, 15) is 4.79 Å². The molecule has 0 saturated heterocycles. The standard InChI is InChI=1S/C11H9ClN2O2/c1-2-8-7-5-6(12)3-4-9(7)14-10(13-8)11(15)16/h3-5H,2H2,1H3,(H,15,16). The Kier molecular flexibility index (Phi) is 2.75. The Bertz CT molecular complexity index is 569.